The van der Waals surface area contributed by atoms with Crippen LogP contribution in [-0.2, 0) is 9.53 Å². The smallest absolute Gasteiger partial charge is 0.342 e. The second kappa shape index (κ2) is 8.15. The normalized spacial score (nSPS) is 11.3. The van der Waals surface area contributed by atoms with Crippen molar-refractivity contribution in [1.29, 1.82) is 0 Å². The van der Waals surface area contributed by atoms with Crippen molar-refractivity contribution < 1.29 is 29.0 Å². The van der Waals surface area contributed by atoms with Gasteiger partial charge in [0.2, 0.25) is 11.7 Å². The molecule has 0 spiro atoms. The minimum Gasteiger partial charge on any atom is -0.504 e. The van der Waals surface area contributed by atoms with E-state index < -0.39 is 17.9 Å². The summed E-state index contributed by atoms with van der Waals surface area (Å²) in [5.74, 6) is -1.68. The fraction of sp³-hybridized carbons (Fsp3) is 0.211. The largest absolute Gasteiger partial charge is 0.504 e. The summed E-state index contributed by atoms with van der Waals surface area (Å²) in [5, 5.41) is 12.6. The van der Waals surface area contributed by atoms with Crippen LogP contribution < -0.4 is 10.1 Å². The lowest BCUT2D eigenvalue weighted by Gasteiger charge is -2.14. The number of nitrogens with one attached hydrogen (secondary N) is 1. The molecule has 1 amide bonds. The highest BCUT2D eigenvalue weighted by atomic mass is 16.5. The Labute approximate surface area is 150 Å². The van der Waals surface area contributed by atoms with Gasteiger partial charge < -0.3 is 19.9 Å². The topological polar surface area (TPSA) is 102 Å². The zero-order chi connectivity index (χ0) is 19.3. The molecule has 2 aromatic rings. The Morgan fingerprint density at radius 3 is 2.31 bits per heavy atom. The van der Waals surface area contributed by atoms with E-state index in [-0.39, 0.29) is 23.0 Å². The van der Waals surface area contributed by atoms with Crippen LogP contribution in [0.4, 0.5) is 5.69 Å². The maximum atomic E-state index is 12.4. The predicted octanol–water partition coefficient (Wildman–Crippen LogP) is 2.79. The molecule has 0 aliphatic carbocycles. The summed E-state index contributed by atoms with van der Waals surface area (Å²) in [6.07, 6.45) is -1.06. The number of hydrogen-bond acceptors (Lipinski definition) is 6. The van der Waals surface area contributed by atoms with Crippen LogP contribution in [0.3, 0.4) is 0 Å². The summed E-state index contributed by atoms with van der Waals surface area (Å²) in [4.78, 5) is 35.6. The number of aromatic hydroxyl groups is 1. The lowest BCUT2D eigenvalue weighted by molar-refractivity contribution is -0.114. The first-order valence-electron chi connectivity index (χ1n) is 7.82. The quantitative estimate of drug-likeness (QED) is 0.609. The number of phenolic OH excluding ortho intramolecular Hbond substituents is 1. The number of rotatable bonds is 6. The van der Waals surface area contributed by atoms with Crippen LogP contribution in [-0.4, -0.2) is 36.0 Å². The highest BCUT2D eigenvalue weighted by Gasteiger charge is 2.23. The molecule has 0 fully saturated rings. The molecule has 0 aliphatic heterocycles. The highest BCUT2D eigenvalue weighted by Crippen LogP contribution is 2.30. The van der Waals surface area contributed by atoms with E-state index in [0.717, 1.165) is 0 Å². The van der Waals surface area contributed by atoms with Crippen molar-refractivity contribution in [3.63, 3.8) is 0 Å². The fourth-order valence-electron chi connectivity index (χ4n) is 2.29. The molecule has 2 N–H and O–H groups in total. The Balaban J connectivity index is 2.09. The number of anilines is 1. The molecule has 0 saturated heterocycles. The summed E-state index contributed by atoms with van der Waals surface area (Å²) >= 11 is 0. The average molecular weight is 357 g/mol. The summed E-state index contributed by atoms with van der Waals surface area (Å²) < 4.78 is 10.1. The maximum Gasteiger partial charge on any atom is 0.342 e. The molecule has 0 heterocycles. The van der Waals surface area contributed by atoms with Gasteiger partial charge in [-0.25, -0.2) is 4.79 Å². The van der Waals surface area contributed by atoms with Crippen molar-refractivity contribution in [1.82, 2.24) is 0 Å². The number of benzene rings is 2. The predicted molar refractivity (Wildman–Crippen MR) is 94.6 cm³/mol. The number of carbonyl (C=O) groups excluding carboxylic acids is 3. The van der Waals surface area contributed by atoms with E-state index in [0.29, 0.717) is 11.3 Å². The number of carbonyl (C=O) groups is 3. The van der Waals surface area contributed by atoms with E-state index in [1.807, 2.05) is 0 Å². The number of ether oxygens (including phenoxy) is 2. The lowest BCUT2D eigenvalue weighted by atomic mass is 10.1. The molecule has 0 bridgehead atoms. The van der Waals surface area contributed by atoms with Crippen molar-refractivity contribution in [2.24, 2.45) is 0 Å². The molecule has 0 aromatic heterocycles. The summed E-state index contributed by atoms with van der Waals surface area (Å²) in [5.41, 5.74) is 0.791. The molecule has 2 rings (SSSR count). The Hall–Kier alpha value is -3.35. The summed E-state index contributed by atoms with van der Waals surface area (Å²) in [7, 11) is 1.36. The van der Waals surface area contributed by atoms with Gasteiger partial charge in [0.05, 0.1) is 7.11 Å². The van der Waals surface area contributed by atoms with E-state index in [1.54, 1.807) is 12.1 Å². The van der Waals surface area contributed by atoms with Crippen molar-refractivity contribution in [2.45, 2.75) is 20.0 Å². The second-order valence-electron chi connectivity index (χ2n) is 5.53. The third-order valence-corrected chi connectivity index (χ3v) is 3.58. The van der Waals surface area contributed by atoms with Gasteiger partial charge in [-0.05, 0) is 43.3 Å². The second-order valence-corrected chi connectivity index (χ2v) is 5.53. The van der Waals surface area contributed by atoms with Crippen molar-refractivity contribution in [2.75, 3.05) is 12.4 Å². The fourth-order valence-corrected chi connectivity index (χ4v) is 2.29. The van der Waals surface area contributed by atoms with Gasteiger partial charge in [-0.3, -0.25) is 9.59 Å². The van der Waals surface area contributed by atoms with Gasteiger partial charge in [-0.2, -0.15) is 0 Å². The summed E-state index contributed by atoms with van der Waals surface area (Å²) in [6.45, 7) is 2.83. The van der Waals surface area contributed by atoms with Gasteiger partial charge >= 0.3 is 5.97 Å². The van der Waals surface area contributed by atoms with E-state index >= 15 is 0 Å². The van der Waals surface area contributed by atoms with E-state index in [9.17, 15) is 19.5 Å². The lowest BCUT2D eigenvalue weighted by Crippen LogP contribution is -2.24. The molecular formula is C19H19NO6. The number of amides is 1. The van der Waals surface area contributed by atoms with Crippen molar-refractivity contribution >= 4 is 23.3 Å². The molecule has 1 unspecified atom stereocenters. The molecule has 136 valence electrons. The van der Waals surface area contributed by atoms with Crippen LogP contribution in [0.1, 0.15) is 34.6 Å². The number of Topliss-reactive ketones (excluding diaryl/α,β-unsaturated/α-hetero) is 1. The average Bonchev–Trinajstić information content (AvgIpc) is 2.61. The van der Waals surface area contributed by atoms with Crippen LogP contribution in [0.15, 0.2) is 42.5 Å². The zero-order valence-electron chi connectivity index (χ0n) is 14.6. The van der Waals surface area contributed by atoms with Crippen LogP contribution in [0.5, 0.6) is 11.5 Å². The molecule has 1 atom stereocenters. The molecule has 7 heteroatoms. The van der Waals surface area contributed by atoms with Gasteiger partial charge in [-0.15, -0.1) is 0 Å². The van der Waals surface area contributed by atoms with Crippen molar-refractivity contribution in [3.05, 3.63) is 53.6 Å². The maximum absolute atomic E-state index is 12.4. The number of phenols is 1. The Morgan fingerprint density at radius 1 is 1.08 bits per heavy atom. The Kier molecular flexibility index (Phi) is 5.95. The first-order valence-corrected chi connectivity index (χ1v) is 7.82. The van der Waals surface area contributed by atoms with Gasteiger partial charge in [0.15, 0.2) is 17.6 Å². The van der Waals surface area contributed by atoms with Crippen LogP contribution in [0.25, 0.3) is 0 Å². The molecule has 0 aliphatic rings. The van der Waals surface area contributed by atoms with E-state index in [1.165, 1.54) is 51.3 Å². The molecule has 2 aromatic carbocycles. The molecule has 26 heavy (non-hydrogen) atoms. The monoisotopic (exact) mass is 357 g/mol. The van der Waals surface area contributed by atoms with Gasteiger partial charge in [0.1, 0.15) is 5.56 Å². The van der Waals surface area contributed by atoms with Gasteiger partial charge in [-0.1, -0.05) is 6.07 Å². The standard InChI is InChI=1S/C19H19NO6/c1-11(17(22)13-7-9-14(10-8-13)20-12(2)21)26-19(24)15-5-4-6-16(25-3)18(15)23/h4-11,23H,1-3H3,(H,20,21). The van der Waals surface area contributed by atoms with Crippen LogP contribution in [0.2, 0.25) is 0 Å². The first kappa shape index (κ1) is 19.0. The SMILES string of the molecule is COc1cccc(C(=O)OC(C)C(=O)c2ccc(NC(C)=O)cc2)c1O. The molecule has 0 saturated carbocycles. The zero-order valence-corrected chi connectivity index (χ0v) is 14.6. The summed E-state index contributed by atoms with van der Waals surface area (Å²) in [6, 6.07) is 10.6. The van der Waals surface area contributed by atoms with Gasteiger partial charge in [0.25, 0.3) is 0 Å². The Bertz CT molecular complexity index is 828. The highest BCUT2D eigenvalue weighted by molar-refractivity contribution is 6.02. The molecule has 0 radical (unpaired) electrons. The first-order chi connectivity index (χ1) is 12.3. The number of para-hydroxylation sites is 1. The Morgan fingerprint density at radius 2 is 1.73 bits per heavy atom. The van der Waals surface area contributed by atoms with E-state index in [2.05, 4.69) is 5.32 Å². The van der Waals surface area contributed by atoms with Gasteiger partial charge in [0, 0.05) is 18.2 Å². The minimum absolute atomic E-state index is 0.0926. The molecular weight excluding hydrogens is 338 g/mol. The van der Waals surface area contributed by atoms with Crippen molar-refractivity contribution in [3.8, 4) is 11.5 Å². The van der Waals surface area contributed by atoms with Crippen LogP contribution in [0, 0.1) is 0 Å². The van der Waals surface area contributed by atoms with Crippen LogP contribution >= 0.6 is 0 Å². The van der Waals surface area contributed by atoms with E-state index in [4.69, 9.17) is 9.47 Å². The number of methoxy groups -OCH3 is 1. The number of hydrogen-bond donors (Lipinski definition) is 2. The third-order valence-electron chi connectivity index (χ3n) is 3.58. The number of ketones is 1. The minimum atomic E-state index is -1.06. The molecule has 7 nitrogen and oxygen atoms in total. The number of esters is 1. The third kappa shape index (κ3) is 4.38.